The monoisotopic (exact) mass is 432 g/mol. The Hall–Kier alpha value is -2.34. The Morgan fingerprint density at radius 3 is 2.62 bits per heavy atom. The fraction of sp³-hybridized carbons (Fsp3) is 0.750. The number of azide groups is 1. The molecule has 1 rings (SSSR count). The third kappa shape index (κ3) is 6.60. The maximum atomic E-state index is 12.7. The summed E-state index contributed by atoms with van der Waals surface area (Å²) in [6.45, 7) is 9.47. The molecule has 12 nitrogen and oxygen atoms in total. The number of allylic oxidation sites excluding steroid dienone is 1. The normalized spacial score (nSPS) is 23.7. The first-order valence-corrected chi connectivity index (χ1v) is 10.4. The number of rotatable bonds is 9. The van der Waals surface area contributed by atoms with E-state index in [-0.39, 0.29) is 19.5 Å². The SMILES string of the molecule is C=CC[C@@H]1CN(S(=O)(=O)N[C@H](C)CNC(=O)OC(C)(C)C)C[C@@]1(N=[N+]=[N-])C(=O)O. The number of carboxylic acids is 1. The maximum Gasteiger partial charge on any atom is 0.407 e. The van der Waals surface area contributed by atoms with Crippen molar-refractivity contribution in [2.45, 2.75) is 51.3 Å². The van der Waals surface area contributed by atoms with Crippen LogP contribution in [0.25, 0.3) is 10.4 Å². The molecule has 1 aliphatic heterocycles. The van der Waals surface area contributed by atoms with Gasteiger partial charge in [0.25, 0.3) is 10.2 Å². The second-order valence-corrected chi connectivity index (χ2v) is 9.54. The highest BCUT2D eigenvalue weighted by atomic mass is 32.2. The molecular formula is C16H28N6O6S. The van der Waals surface area contributed by atoms with Gasteiger partial charge in [0.2, 0.25) is 0 Å². The van der Waals surface area contributed by atoms with Crippen molar-refractivity contribution >= 4 is 22.3 Å². The van der Waals surface area contributed by atoms with E-state index < -0.39 is 51.9 Å². The zero-order chi connectivity index (χ0) is 22.5. The van der Waals surface area contributed by atoms with Crippen molar-refractivity contribution in [2.75, 3.05) is 19.6 Å². The van der Waals surface area contributed by atoms with Gasteiger partial charge < -0.3 is 15.2 Å². The molecule has 0 radical (unpaired) electrons. The number of carboxylic acid groups (broad SMARTS) is 1. The van der Waals surface area contributed by atoms with E-state index in [1.807, 2.05) is 0 Å². The van der Waals surface area contributed by atoms with Crippen LogP contribution in [0.5, 0.6) is 0 Å². The molecule has 0 aromatic rings. The van der Waals surface area contributed by atoms with Crippen molar-refractivity contribution in [3.63, 3.8) is 0 Å². The van der Waals surface area contributed by atoms with Crippen LogP contribution in [0.15, 0.2) is 17.8 Å². The van der Waals surface area contributed by atoms with Gasteiger partial charge in [0.15, 0.2) is 5.54 Å². The van der Waals surface area contributed by atoms with Crippen LogP contribution in [0, 0.1) is 5.92 Å². The lowest BCUT2D eigenvalue weighted by atomic mass is 9.85. The highest BCUT2D eigenvalue weighted by Crippen LogP contribution is 2.36. The van der Waals surface area contributed by atoms with E-state index >= 15 is 0 Å². The molecule has 0 unspecified atom stereocenters. The van der Waals surface area contributed by atoms with Gasteiger partial charge in [-0.25, -0.2) is 4.79 Å². The highest BCUT2D eigenvalue weighted by Gasteiger charge is 2.54. The highest BCUT2D eigenvalue weighted by molar-refractivity contribution is 7.87. The van der Waals surface area contributed by atoms with E-state index in [9.17, 15) is 23.1 Å². The van der Waals surface area contributed by atoms with Crippen LogP contribution < -0.4 is 10.0 Å². The number of alkyl carbamates (subject to hydrolysis) is 1. The maximum absolute atomic E-state index is 12.7. The van der Waals surface area contributed by atoms with E-state index in [0.717, 1.165) is 4.31 Å². The molecule has 0 aromatic carbocycles. The van der Waals surface area contributed by atoms with E-state index in [1.54, 1.807) is 20.8 Å². The zero-order valence-corrected chi connectivity index (χ0v) is 17.8. The summed E-state index contributed by atoms with van der Waals surface area (Å²) in [6.07, 6.45) is 0.920. The van der Waals surface area contributed by atoms with Crippen LogP contribution in [0.1, 0.15) is 34.1 Å². The molecule has 1 heterocycles. The lowest BCUT2D eigenvalue weighted by Gasteiger charge is -2.24. The Bertz CT molecular complexity index is 784. The van der Waals surface area contributed by atoms with Gasteiger partial charge >= 0.3 is 12.1 Å². The Morgan fingerprint density at radius 1 is 1.52 bits per heavy atom. The minimum atomic E-state index is -4.11. The average molecular weight is 433 g/mol. The largest absolute Gasteiger partial charge is 0.481 e. The van der Waals surface area contributed by atoms with Gasteiger partial charge in [0, 0.05) is 30.6 Å². The fourth-order valence-electron chi connectivity index (χ4n) is 2.91. The summed E-state index contributed by atoms with van der Waals surface area (Å²) in [6, 6.07) is -0.704. The van der Waals surface area contributed by atoms with Gasteiger partial charge in [0.05, 0.1) is 0 Å². The Kier molecular flexibility index (Phi) is 8.04. The molecule has 3 N–H and O–H groups in total. The number of carbonyl (C=O) groups is 2. The van der Waals surface area contributed by atoms with Gasteiger partial charge in [0.1, 0.15) is 5.60 Å². The first-order valence-electron chi connectivity index (χ1n) is 8.92. The summed E-state index contributed by atoms with van der Waals surface area (Å²) < 4.78 is 33.8. The molecule has 0 spiro atoms. The first-order chi connectivity index (χ1) is 13.3. The van der Waals surface area contributed by atoms with Gasteiger partial charge in [-0.3, -0.25) is 4.79 Å². The summed E-state index contributed by atoms with van der Waals surface area (Å²) in [5, 5.41) is 15.5. The molecule has 0 aromatic heterocycles. The third-order valence-corrected chi connectivity index (χ3v) is 5.86. The van der Waals surface area contributed by atoms with Crippen LogP contribution in [0.3, 0.4) is 0 Å². The van der Waals surface area contributed by atoms with E-state index in [4.69, 9.17) is 10.3 Å². The Balaban J connectivity index is 2.86. The fourth-order valence-corrected chi connectivity index (χ4v) is 4.40. The topological polar surface area (TPSA) is 174 Å². The van der Waals surface area contributed by atoms with Crippen LogP contribution in [0.4, 0.5) is 4.79 Å². The summed E-state index contributed by atoms with van der Waals surface area (Å²) in [4.78, 5) is 26.1. The Labute approximate surface area is 170 Å². The smallest absolute Gasteiger partial charge is 0.407 e. The summed E-state index contributed by atoms with van der Waals surface area (Å²) in [5.41, 5.74) is 6.19. The molecule has 1 aliphatic rings. The van der Waals surface area contributed by atoms with Crippen molar-refractivity contribution in [3.8, 4) is 0 Å². The van der Waals surface area contributed by atoms with Crippen molar-refractivity contribution in [2.24, 2.45) is 11.0 Å². The second-order valence-electron chi connectivity index (χ2n) is 7.84. The predicted molar refractivity (Wildman–Crippen MR) is 105 cm³/mol. The molecule has 0 saturated carbocycles. The predicted octanol–water partition coefficient (Wildman–Crippen LogP) is 1.38. The lowest BCUT2D eigenvalue weighted by molar-refractivity contribution is -0.144. The van der Waals surface area contributed by atoms with Crippen LogP contribution in [-0.2, 0) is 19.7 Å². The number of aliphatic carboxylic acids is 1. The molecule has 1 saturated heterocycles. The van der Waals surface area contributed by atoms with Crippen molar-refractivity contribution < 1.29 is 27.9 Å². The van der Waals surface area contributed by atoms with Gasteiger partial charge in [-0.2, -0.15) is 17.4 Å². The quantitative estimate of drug-likeness (QED) is 0.215. The molecular weight excluding hydrogens is 404 g/mol. The van der Waals surface area contributed by atoms with Gasteiger partial charge in [-0.05, 0) is 45.6 Å². The average Bonchev–Trinajstić information content (AvgIpc) is 2.93. The standard InChI is InChI=1S/C16H28N6O6S/c1-6-7-12-9-22(10-16(12,13(23)24)20-21-17)29(26,27)19-11(2)8-18-14(25)28-15(3,4)5/h6,11-12,19H,1,7-10H2,2-5H3,(H,18,25)(H,23,24)/t11-,12-,16+/m1/s1. The van der Waals surface area contributed by atoms with Crippen LogP contribution in [-0.4, -0.2) is 66.7 Å². The Morgan fingerprint density at radius 2 is 2.14 bits per heavy atom. The van der Waals surface area contributed by atoms with E-state index in [2.05, 4.69) is 26.6 Å². The van der Waals surface area contributed by atoms with Crippen molar-refractivity contribution in [3.05, 3.63) is 23.1 Å². The van der Waals surface area contributed by atoms with Crippen molar-refractivity contribution in [1.82, 2.24) is 14.3 Å². The zero-order valence-electron chi connectivity index (χ0n) is 17.0. The number of nitrogens with zero attached hydrogens (tertiary/aromatic N) is 4. The number of nitrogens with one attached hydrogen (secondary N) is 2. The minimum Gasteiger partial charge on any atom is -0.481 e. The molecule has 164 valence electrons. The number of ether oxygens (including phenoxy) is 1. The number of carbonyl (C=O) groups excluding carboxylic acids is 1. The molecule has 0 bridgehead atoms. The van der Waals surface area contributed by atoms with Crippen LogP contribution >= 0.6 is 0 Å². The summed E-state index contributed by atoms with van der Waals surface area (Å²) in [7, 11) is -4.11. The first kappa shape index (κ1) is 24.7. The molecule has 29 heavy (non-hydrogen) atoms. The van der Waals surface area contributed by atoms with Gasteiger partial charge in [-0.15, -0.1) is 6.58 Å². The minimum absolute atomic E-state index is 0.0432. The third-order valence-electron chi connectivity index (χ3n) is 4.20. The number of hydrogen-bond acceptors (Lipinski definition) is 6. The van der Waals surface area contributed by atoms with E-state index in [1.165, 1.54) is 13.0 Å². The summed E-state index contributed by atoms with van der Waals surface area (Å²) in [5.74, 6) is -2.17. The molecule has 13 heteroatoms. The van der Waals surface area contributed by atoms with Gasteiger partial charge in [-0.1, -0.05) is 11.2 Å². The van der Waals surface area contributed by atoms with E-state index in [0.29, 0.717) is 0 Å². The lowest BCUT2D eigenvalue weighted by Crippen LogP contribution is -2.49. The second kappa shape index (κ2) is 9.44. The molecule has 3 atom stereocenters. The van der Waals surface area contributed by atoms with Crippen molar-refractivity contribution in [1.29, 1.82) is 0 Å². The summed E-state index contributed by atoms with van der Waals surface area (Å²) >= 11 is 0. The molecule has 0 aliphatic carbocycles. The molecule has 1 fully saturated rings. The number of hydrogen-bond donors (Lipinski definition) is 3. The van der Waals surface area contributed by atoms with Crippen LogP contribution in [0.2, 0.25) is 0 Å². The molecule has 1 amide bonds. The number of amides is 1.